The lowest BCUT2D eigenvalue weighted by molar-refractivity contribution is 0.117. The van der Waals surface area contributed by atoms with Crippen LogP contribution in [0, 0.1) is 5.41 Å². The predicted octanol–water partition coefficient (Wildman–Crippen LogP) is 3.65. The fourth-order valence-corrected chi connectivity index (χ4v) is 4.32. The maximum absolute atomic E-state index is 11.9. The van der Waals surface area contributed by atoms with E-state index in [9.17, 15) is 9.90 Å². The third kappa shape index (κ3) is 4.30. The van der Waals surface area contributed by atoms with Gasteiger partial charge in [-0.25, -0.2) is 14.8 Å². The maximum atomic E-state index is 11.9. The van der Waals surface area contributed by atoms with Crippen LogP contribution in [-0.2, 0) is 11.3 Å². The van der Waals surface area contributed by atoms with Crippen LogP contribution < -0.4 is 10.2 Å². The van der Waals surface area contributed by atoms with Gasteiger partial charge in [-0.05, 0) is 29.7 Å². The molecule has 2 aromatic rings. The van der Waals surface area contributed by atoms with Crippen LogP contribution in [0.2, 0.25) is 0 Å². The lowest BCUT2D eigenvalue weighted by Gasteiger charge is -2.42. The van der Waals surface area contributed by atoms with Gasteiger partial charge in [0.1, 0.15) is 5.82 Å². The summed E-state index contributed by atoms with van der Waals surface area (Å²) in [4.78, 5) is 25.6. The molecule has 0 radical (unpaired) electrons. The molecule has 31 heavy (non-hydrogen) atoms. The summed E-state index contributed by atoms with van der Waals surface area (Å²) in [7, 11) is 1.88. The first-order valence-corrected chi connectivity index (χ1v) is 10.8. The van der Waals surface area contributed by atoms with Gasteiger partial charge >= 0.3 is 6.09 Å². The molecule has 1 aromatic heterocycles. The minimum atomic E-state index is -0.911. The molecular weight excluding hydrogens is 394 g/mol. The molecule has 2 N–H and O–H groups in total. The Morgan fingerprint density at radius 3 is 2.42 bits per heavy atom. The van der Waals surface area contributed by atoms with Crippen LogP contribution in [0.3, 0.4) is 0 Å². The number of fused-ring (bicyclic) bond motifs is 1. The van der Waals surface area contributed by atoms with E-state index in [1.165, 1.54) is 4.90 Å². The molecule has 1 atom stereocenters. The number of hydrogen-bond acceptors (Lipinski definition) is 6. The summed E-state index contributed by atoms with van der Waals surface area (Å²) in [5, 5.41) is 12.9. The highest BCUT2D eigenvalue weighted by atomic mass is 16.5. The second-order valence-corrected chi connectivity index (χ2v) is 9.24. The van der Waals surface area contributed by atoms with Gasteiger partial charge in [0.2, 0.25) is 0 Å². The summed E-state index contributed by atoms with van der Waals surface area (Å²) >= 11 is 0. The van der Waals surface area contributed by atoms with Crippen molar-refractivity contribution in [2.24, 2.45) is 5.41 Å². The van der Waals surface area contributed by atoms with E-state index in [4.69, 9.17) is 14.7 Å². The highest BCUT2D eigenvalue weighted by molar-refractivity contribution is 5.68. The smallest absolute Gasteiger partial charge is 0.407 e. The van der Waals surface area contributed by atoms with Gasteiger partial charge in [0, 0.05) is 49.4 Å². The van der Waals surface area contributed by atoms with E-state index >= 15 is 0 Å². The molecular formula is C23H31N5O3. The number of aromatic nitrogens is 2. The van der Waals surface area contributed by atoms with E-state index in [-0.39, 0.29) is 17.9 Å². The predicted molar refractivity (Wildman–Crippen MR) is 121 cm³/mol. The van der Waals surface area contributed by atoms with Gasteiger partial charge < -0.3 is 25.0 Å². The average Bonchev–Trinajstić information content (AvgIpc) is 2.77. The maximum Gasteiger partial charge on any atom is 0.407 e. The summed E-state index contributed by atoms with van der Waals surface area (Å²) in [5.74, 6) is 1.56. The summed E-state index contributed by atoms with van der Waals surface area (Å²) < 4.78 is 5.57. The van der Waals surface area contributed by atoms with Crippen molar-refractivity contribution < 1.29 is 14.6 Å². The largest absolute Gasteiger partial charge is 0.465 e. The molecule has 0 aliphatic carbocycles. The van der Waals surface area contributed by atoms with Crippen molar-refractivity contribution in [2.45, 2.75) is 33.2 Å². The number of hydrogen-bond donors (Lipinski definition) is 2. The van der Waals surface area contributed by atoms with Gasteiger partial charge in [0.05, 0.1) is 25.5 Å². The van der Waals surface area contributed by atoms with Crippen molar-refractivity contribution >= 4 is 17.6 Å². The van der Waals surface area contributed by atoms with Gasteiger partial charge in [-0.15, -0.1) is 0 Å². The van der Waals surface area contributed by atoms with Crippen LogP contribution in [0.4, 0.5) is 16.3 Å². The molecule has 1 aromatic carbocycles. The van der Waals surface area contributed by atoms with Crippen molar-refractivity contribution in [3.63, 3.8) is 0 Å². The van der Waals surface area contributed by atoms with Gasteiger partial charge in [-0.2, -0.15) is 0 Å². The summed E-state index contributed by atoms with van der Waals surface area (Å²) in [5.41, 5.74) is 3.68. The van der Waals surface area contributed by atoms with Crippen LogP contribution in [0.15, 0.2) is 24.3 Å². The number of carboxylic acid groups (broad SMARTS) is 1. The zero-order valence-electron chi connectivity index (χ0n) is 18.7. The Morgan fingerprint density at radius 1 is 1.16 bits per heavy atom. The van der Waals surface area contributed by atoms with Crippen LogP contribution >= 0.6 is 0 Å². The molecule has 1 unspecified atom stereocenters. The van der Waals surface area contributed by atoms with Gasteiger partial charge in [0.15, 0.2) is 5.82 Å². The lowest BCUT2D eigenvalue weighted by atomic mass is 9.74. The van der Waals surface area contributed by atoms with Crippen molar-refractivity contribution in [1.82, 2.24) is 14.9 Å². The Hall–Kier alpha value is -2.87. The number of morpholine rings is 1. The quantitative estimate of drug-likeness (QED) is 0.776. The van der Waals surface area contributed by atoms with E-state index in [1.54, 1.807) is 0 Å². The molecule has 1 amide bonds. The zero-order valence-corrected chi connectivity index (χ0v) is 18.7. The third-order valence-electron chi connectivity index (χ3n) is 6.15. The molecule has 2 aliphatic rings. The van der Waals surface area contributed by atoms with Gasteiger partial charge in [-0.1, -0.05) is 20.8 Å². The van der Waals surface area contributed by atoms with Crippen LogP contribution in [0.25, 0.3) is 11.4 Å². The Morgan fingerprint density at radius 2 is 1.84 bits per heavy atom. The summed E-state index contributed by atoms with van der Waals surface area (Å²) in [6.45, 7) is 10.0. The number of rotatable bonds is 3. The first kappa shape index (κ1) is 21.4. The SMILES string of the molecule is CNc1ccc(-c2nc3c(c(N4CCOCC4)n2)C(C(C)(C)C)CN(C(=O)O)C3)cc1. The monoisotopic (exact) mass is 425 g/mol. The Bertz CT molecular complexity index is 949. The molecule has 0 saturated carbocycles. The number of carbonyl (C=O) groups is 1. The summed E-state index contributed by atoms with van der Waals surface area (Å²) in [6.07, 6.45) is -0.911. The standard InChI is InChI=1S/C23H31N5O3/c1-23(2,3)17-13-28(22(29)30)14-18-19(17)21(27-9-11-31-12-10-27)26-20(25-18)15-5-7-16(24-4)8-6-15/h5-8,17,24H,9-14H2,1-4H3,(H,29,30). The highest BCUT2D eigenvalue weighted by Gasteiger charge is 2.40. The first-order valence-electron chi connectivity index (χ1n) is 10.8. The topological polar surface area (TPSA) is 90.8 Å². The molecule has 3 heterocycles. The minimum Gasteiger partial charge on any atom is -0.465 e. The van der Waals surface area contributed by atoms with E-state index in [1.807, 2.05) is 31.3 Å². The van der Waals surface area contributed by atoms with Crippen LogP contribution in [-0.4, -0.2) is 66.0 Å². The van der Waals surface area contributed by atoms with E-state index in [2.05, 4.69) is 31.0 Å². The molecule has 4 rings (SSSR count). The van der Waals surface area contributed by atoms with Gasteiger partial charge in [0.25, 0.3) is 0 Å². The Labute approximate surface area is 183 Å². The normalized spacial score (nSPS) is 19.2. The second-order valence-electron chi connectivity index (χ2n) is 9.24. The molecule has 0 spiro atoms. The molecule has 8 nitrogen and oxygen atoms in total. The number of anilines is 2. The minimum absolute atomic E-state index is 0.00547. The Balaban J connectivity index is 1.88. The van der Waals surface area contributed by atoms with Crippen molar-refractivity contribution in [1.29, 1.82) is 0 Å². The molecule has 1 saturated heterocycles. The zero-order chi connectivity index (χ0) is 22.2. The van der Waals surface area contributed by atoms with Crippen molar-refractivity contribution in [3.05, 3.63) is 35.5 Å². The van der Waals surface area contributed by atoms with E-state index in [0.29, 0.717) is 25.6 Å². The first-order chi connectivity index (χ1) is 14.8. The number of benzene rings is 1. The Kier molecular flexibility index (Phi) is 5.75. The lowest BCUT2D eigenvalue weighted by Crippen LogP contribution is -2.44. The molecule has 2 aliphatic heterocycles. The molecule has 0 bridgehead atoms. The number of nitrogens with one attached hydrogen (secondary N) is 1. The fraction of sp³-hybridized carbons (Fsp3) is 0.522. The number of amides is 1. The molecule has 1 fully saturated rings. The molecule has 166 valence electrons. The number of ether oxygens (including phenoxy) is 1. The van der Waals surface area contributed by atoms with Crippen molar-refractivity contribution in [2.75, 3.05) is 50.1 Å². The second kappa shape index (κ2) is 8.34. The van der Waals surface area contributed by atoms with E-state index < -0.39 is 6.09 Å². The van der Waals surface area contributed by atoms with Crippen LogP contribution in [0.1, 0.15) is 37.9 Å². The fourth-order valence-electron chi connectivity index (χ4n) is 4.32. The average molecular weight is 426 g/mol. The summed E-state index contributed by atoms with van der Waals surface area (Å²) in [6, 6.07) is 7.98. The molecule has 8 heteroatoms. The number of nitrogens with zero attached hydrogens (tertiary/aromatic N) is 4. The van der Waals surface area contributed by atoms with Crippen LogP contribution in [0.5, 0.6) is 0 Å². The van der Waals surface area contributed by atoms with Crippen molar-refractivity contribution in [3.8, 4) is 11.4 Å². The highest BCUT2D eigenvalue weighted by Crippen LogP contribution is 2.44. The third-order valence-corrected chi connectivity index (χ3v) is 6.15. The van der Waals surface area contributed by atoms with Gasteiger partial charge in [-0.3, -0.25) is 0 Å². The van der Waals surface area contributed by atoms with E-state index in [0.717, 1.165) is 41.4 Å².